The molecule has 0 saturated heterocycles. The highest BCUT2D eigenvalue weighted by atomic mass is 16.5. The van der Waals surface area contributed by atoms with Gasteiger partial charge in [0.05, 0.1) is 12.2 Å². The first-order chi connectivity index (χ1) is 9.22. The van der Waals surface area contributed by atoms with Crippen LogP contribution < -0.4 is 4.74 Å². The predicted molar refractivity (Wildman–Crippen MR) is 78.0 cm³/mol. The van der Waals surface area contributed by atoms with E-state index in [1.54, 1.807) is 0 Å². The second-order valence-electron chi connectivity index (χ2n) is 4.82. The Kier molecular flexibility index (Phi) is 4.53. The van der Waals surface area contributed by atoms with Gasteiger partial charge in [0.25, 0.3) is 0 Å². The van der Waals surface area contributed by atoms with Gasteiger partial charge in [-0.2, -0.15) is 0 Å². The molecule has 0 amide bonds. The lowest BCUT2D eigenvalue weighted by atomic mass is 10.0. The van der Waals surface area contributed by atoms with Gasteiger partial charge in [0.2, 0.25) is 0 Å². The summed E-state index contributed by atoms with van der Waals surface area (Å²) in [5.74, 6) is 0.674. The van der Waals surface area contributed by atoms with Crippen molar-refractivity contribution in [3.8, 4) is 5.75 Å². The van der Waals surface area contributed by atoms with Crippen LogP contribution in [0.15, 0.2) is 36.4 Å². The lowest BCUT2D eigenvalue weighted by molar-refractivity contribution is 0.112. The molecule has 100 valence electrons. The quantitative estimate of drug-likeness (QED) is 0.588. The van der Waals surface area contributed by atoms with Gasteiger partial charge in [0.1, 0.15) is 5.75 Å². The number of hydrogen-bond acceptors (Lipinski definition) is 3. The summed E-state index contributed by atoms with van der Waals surface area (Å²) in [7, 11) is 4.07. The Morgan fingerprint density at radius 2 is 1.95 bits per heavy atom. The molecule has 2 rings (SSSR count). The van der Waals surface area contributed by atoms with Crippen molar-refractivity contribution >= 4 is 17.1 Å². The third-order valence-corrected chi connectivity index (χ3v) is 3.06. The minimum atomic E-state index is 0.622. The molecule has 0 unspecified atom stereocenters. The van der Waals surface area contributed by atoms with E-state index in [0.717, 1.165) is 30.0 Å². The molecule has 3 heteroatoms. The van der Waals surface area contributed by atoms with Crippen LogP contribution in [-0.2, 0) is 0 Å². The average molecular weight is 257 g/mol. The Labute approximate surface area is 113 Å². The summed E-state index contributed by atoms with van der Waals surface area (Å²) in [5, 5.41) is 2.01. The zero-order valence-corrected chi connectivity index (χ0v) is 11.4. The highest BCUT2D eigenvalue weighted by molar-refractivity contribution is 6.00. The topological polar surface area (TPSA) is 29.5 Å². The first-order valence-electron chi connectivity index (χ1n) is 6.47. The number of benzene rings is 2. The van der Waals surface area contributed by atoms with E-state index in [4.69, 9.17) is 4.74 Å². The fourth-order valence-electron chi connectivity index (χ4n) is 2.09. The fraction of sp³-hybridized carbons (Fsp3) is 0.312. The first-order valence-corrected chi connectivity index (χ1v) is 6.47. The normalized spacial score (nSPS) is 10.9. The van der Waals surface area contributed by atoms with Crippen LogP contribution in [0.4, 0.5) is 0 Å². The summed E-state index contributed by atoms with van der Waals surface area (Å²) >= 11 is 0. The van der Waals surface area contributed by atoms with Crippen molar-refractivity contribution in [2.45, 2.75) is 6.42 Å². The van der Waals surface area contributed by atoms with E-state index in [1.165, 1.54) is 0 Å². The van der Waals surface area contributed by atoms with E-state index >= 15 is 0 Å². The summed E-state index contributed by atoms with van der Waals surface area (Å²) in [5.41, 5.74) is 0.642. The van der Waals surface area contributed by atoms with Crippen molar-refractivity contribution in [3.63, 3.8) is 0 Å². The fourth-order valence-corrected chi connectivity index (χ4v) is 2.09. The molecule has 0 N–H and O–H groups in total. The van der Waals surface area contributed by atoms with E-state index in [9.17, 15) is 4.79 Å². The number of carbonyl (C=O) groups is 1. The van der Waals surface area contributed by atoms with Gasteiger partial charge in [-0.05, 0) is 37.4 Å². The van der Waals surface area contributed by atoms with Crippen molar-refractivity contribution in [3.05, 3.63) is 42.0 Å². The Balaban J connectivity index is 2.16. The average Bonchev–Trinajstić information content (AvgIpc) is 2.42. The van der Waals surface area contributed by atoms with Gasteiger partial charge in [-0.3, -0.25) is 4.79 Å². The van der Waals surface area contributed by atoms with E-state index in [1.807, 2.05) is 50.5 Å². The van der Waals surface area contributed by atoms with Crippen molar-refractivity contribution < 1.29 is 9.53 Å². The summed E-state index contributed by atoms with van der Waals surface area (Å²) in [6, 6.07) is 11.7. The summed E-state index contributed by atoms with van der Waals surface area (Å²) < 4.78 is 5.73. The minimum Gasteiger partial charge on any atom is -0.493 e. The molecule has 0 spiro atoms. The zero-order valence-electron chi connectivity index (χ0n) is 11.4. The highest BCUT2D eigenvalue weighted by Crippen LogP contribution is 2.26. The second kappa shape index (κ2) is 6.34. The second-order valence-corrected chi connectivity index (χ2v) is 4.82. The molecule has 0 atom stereocenters. The number of carbonyl (C=O) groups excluding carboxylic acids is 1. The van der Waals surface area contributed by atoms with Gasteiger partial charge < -0.3 is 9.64 Å². The predicted octanol–water partition coefficient (Wildman–Crippen LogP) is 2.98. The van der Waals surface area contributed by atoms with Crippen molar-refractivity contribution in [1.82, 2.24) is 4.90 Å². The van der Waals surface area contributed by atoms with Crippen LogP contribution >= 0.6 is 0 Å². The largest absolute Gasteiger partial charge is 0.493 e. The van der Waals surface area contributed by atoms with Crippen LogP contribution in [0, 0.1) is 0 Å². The van der Waals surface area contributed by atoms with E-state index < -0.39 is 0 Å². The van der Waals surface area contributed by atoms with Gasteiger partial charge in [0.15, 0.2) is 6.29 Å². The van der Waals surface area contributed by atoms with Crippen LogP contribution in [0.2, 0.25) is 0 Å². The maximum absolute atomic E-state index is 11.3. The van der Waals surface area contributed by atoms with Crippen LogP contribution in [0.3, 0.4) is 0 Å². The molecule has 19 heavy (non-hydrogen) atoms. The molecule has 2 aromatic rings. The number of aldehydes is 1. The SMILES string of the molecule is CN(C)CCCOc1ccc2ccccc2c1C=O. The molecular weight excluding hydrogens is 238 g/mol. The van der Waals surface area contributed by atoms with E-state index in [-0.39, 0.29) is 0 Å². The molecule has 0 saturated carbocycles. The molecule has 0 heterocycles. The van der Waals surface area contributed by atoms with Crippen molar-refractivity contribution in [1.29, 1.82) is 0 Å². The van der Waals surface area contributed by atoms with Crippen LogP contribution in [0.25, 0.3) is 10.8 Å². The molecule has 0 aliphatic heterocycles. The van der Waals surface area contributed by atoms with Gasteiger partial charge in [-0.1, -0.05) is 30.3 Å². The summed E-state index contributed by atoms with van der Waals surface area (Å²) in [6.45, 7) is 1.60. The van der Waals surface area contributed by atoms with Gasteiger partial charge >= 0.3 is 0 Å². The number of fused-ring (bicyclic) bond motifs is 1. The Morgan fingerprint density at radius 1 is 1.16 bits per heavy atom. The number of rotatable bonds is 6. The maximum atomic E-state index is 11.3. The van der Waals surface area contributed by atoms with Gasteiger partial charge in [-0.25, -0.2) is 0 Å². The molecule has 0 aliphatic carbocycles. The molecule has 0 fully saturated rings. The molecular formula is C16H19NO2. The molecule has 2 aromatic carbocycles. The molecule has 0 radical (unpaired) electrons. The minimum absolute atomic E-state index is 0.622. The van der Waals surface area contributed by atoms with Gasteiger partial charge in [0, 0.05) is 6.54 Å². The third kappa shape index (κ3) is 3.32. The summed E-state index contributed by atoms with van der Waals surface area (Å²) in [6.07, 6.45) is 1.82. The Morgan fingerprint density at radius 3 is 2.68 bits per heavy atom. The van der Waals surface area contributed by atoms with Crippen molar-refractivity contribution in [2.24, 2.45) is 0 Å². The van der Waals surface area contributed by atoms with Crippen LogP contribution in [-0.4, -0.2) is 38.4 Å². The third-order valence-electron chi connectivity index (χ3n) is 3.06. The standard InChI is InChI=1S/C16H19NO2/c1-17(2)10-5-11-19-16-9-8-13-6-3-4-7-14(13)15(16)12-18/h3-4,6-9,12H,5,10-11H2,1-2H3. The Bertz CT molecular complexity index is 564. The van der Waals surface area contributed by atoms with Gasteiger partial charge in [-0.15, -0.1) is 0 Å². The van der Waals surface area contributed by atoms with Crippen molar-refractivity contribution in [2.75, 3.05) is 27.2 Å². The lowest BCUT2D eigenvalue weighted by Crippen LogP contribution is -2.15. The first kappa shape index (κ1) is 13.6. The van der Waals surface area contributed by atoms with Crippen LogP contribution in [0.5, 0.6) is 5.75 Å². The zero-order chi connectivity index (χ0) is 13.7. The molecule has 3 nitrogen and oxygen atoms in total. The highest BCUT2D eigenvalue weighted by Gasteiger charge is 2.07. The maximum Gasteiger partial charge on any atom is 0.154 e. The number of nitrogens with zero attached hydrogens (tertiary/aromatic N) is 1. The monoisotopic (exact) mass is 257 g/mol. The summed E-state index contributed by atoms with van der Waals surface area (Å²) in [4.78, 5) is 13.4. The van der Waals surface area contributed by atoms with E-state index in [2.05, 4.69) is 4.90 Å². The lowest BCUT2D eigenvalue weighted by Gasteiger charge is -2.12. The molecule has 0 bridgehead atoms. The molecule has 0 aromatic heterocycles. The van der Waals surface area contributed by atoms with E-state index in [0.29, 0.717) is 17.9 Å². The number of ether oxygens (including phenoxy) is 1. The van der Waals surface area contributed by atoms with Crippen LogP contribution in [0.1, 0.15) is 16.8 Å². The number of hydrogen-bond donors (Lipinski definition) is 0. The molecule has 0 aliphatic rings. The smallest absolute Gasteiger partial charge is 0.154 e. The Hall–Kier alpha value is -1.87.